The van der Waals surface area contributed by atoms with E-state index >= 15 is 0 Å². The zero-order valence-corrected chi connectivity index (χ0v) is 24.9. The van der Waals surface area contributed by atoms with Crippen molar-refractivity contribution in [2.45, 2.75) is 6.54 Å². The molecule has 4 aromatic rings. The molecule has 216 valence electrons. The summed E-state index contributed by atoms with van der Waals surface area (Å²) in [4.78, 5) is 27.8. The van der Waals surface area contributed by atoms with Crippen LogP contribution in [0.2, 0.25) is 0 Å². The van der Waals surface area contributed by atoms with Gasteiger partial charge in [-0.05, 0) is 84.1 Å². The Labute approximate surface area is 259 Å². The summed E-state index contributed by atoms with van der Waals surface area (Å²) in [6.07, 6.45) is 8.44. The van der Waals surface area contributed by atoms with Gasteiger partial charge in [0, 0.05) is 21.9 Å². The van der Waals surface area contributed by atoms with Crippen LogP contribution in [0.5, 0.6) is 5.75 Å². The van der Waals surface area contributed by atoms with Gasteiger partial charge in [0.1, 0.15) is 17.3 Å². The molecule has 0 unspecified atom stereocenters. The lowest BCUT2D eigenvalue weighted by molar-refractivity contribution is -0.122. The molecular weight excluding hydrogens is 635 g/mol. The molecule has 0 bridgehead atoms. The molecule has 1 aliphatic heterocycles. The summed E-state index contributed by atoms with van der Waals surface area (Å²) >= 11 is 4.63. The largest absolute Gasteiger partial charge is 0.483 e. The first-order chi connectivity index (χ1) is 20.9. The maximum Gasteiger partial charge on any atom is 0.267 e. The van der Waals surface area contributed by atoms with Gasteiger partial charge in [0.15, 0.2) is 11.8 Å². The topological polar surface area (TPSA) is 96.5 Å². The van der Waals surface area contributed by atoms with Crippen molar-refractivity contribution >= 4 is 68.7 Å². The number of nitrogens with one attached hydrogen (secondary N) is 1. The summed E-state index contributed by atoms with van der Waals surface area (Å²) in [5, 5.41) is 11.5. The Morgan fingerprint density at radius 1 is 1.07 bits per heavy atom. The zero-order valence-electron chi connectivity index (χ0n) is 22.5. The SMILES string of the molecule is O=C(COc1ccc(Br)cc1/C=C1\S/C(=N/N=C\C=C\c2ccccc2)N(Cc2ccco2)C1=O)Nc1ccc(F)cc1. The average molecular weight is 660 g/mol. The van der Waals surface area contributed by atoms with Gasteiger partial charge < -0.3 is 14.5 Å². The fraction of sp³-hybridized carbons (Fsp3) is 0.0625. The Kier molecular flexibility index (Phi) is 9.98. The zero-order chi connectivity index (χ0) is 30.0. The third-order valence-corrected chi connectivity index (χ3v) is 7.40. The minimum absolute atomic E-state index is 0.176. The highest BCUT2D eigenvalue weighted by molar-refractivity contribution is 9.10. The number of anilines is 1. The van der Waals surface area contributed by atoms with E-state index in [1.807, 2.05) is 36.4 Å². The molecule has 0 saturated carbocycles. The molecule has 1 N–H and O–H groups in total. The van der Waals surface area contributed by atoms with Gasteiger partial charge in [-0.25, -0.2) is 4.39 Å². The molecule has 1 aromatic heterocycles. The molecule has 0 atom stereocenters. The molecule has 5 rings (SSSR count). The first-order valence-electron chi connectivity index (χ1n) is 13.0. The normalized spacial score (nSPS) is 15.3. The number of carbonyl (C=O) groups is 2. The number of thioether (sulfide) groups is 1. The summed E-state index contributed by atoms with van der Waals surface area (Å²) in [7, 11) is 0. The van der Waals surface area contributed by atoms with Crippen molar-refractivity contribution in [3.63, 3.8) is 0 Å². The Bertz CT molecular complexity index is 1710. The summed E-state index contributed by atoms with van der Waals surface area (Å²) in [5.41, 5.74) is 2.05. The first kappa shape index (κ1) is 29.7. The van der Waals surface area contributed by atoms with E-state index in [1.165, 1.54) is 40.9 Å². The van der Waals surface area contributed by atoms with Crippen molar-refractivity contribution < 1.29 is 23.1 Å². The number of hydrogen-bond donors (Lipinski definition) is 1. The molecule has 0 radical (unpaired) electrons. The monoisotopic (exact) mass is 658 g/mol. The fourth-order valence-corrected chi connectivity index (χ4v) is 5.20. The van der Waals surface area contributed by atoms with E-state index in [9.17, 15) is 14.0 Å². The van der Waals surface area contributed by atoms with Crippen LogP contribution < -0.4 is 10.1 Å². The summed E-state index contributed by atoms with van der Waals surface area (Å²) in [6.45, 7) is -0.116. The van der Waals surface area contributed by atoms with Crippen molar-refractivity contribution in [1.82, 2.24) is 4.90 Å². The van der Waals surface area contributed by atoms with E-state index in [0.29, 0.717) is 32.8 Å². The molecule has 2 heterocycles. The minimum atomic E-state index is -0.419. The van der Waals surface area contributed by atoms with E-state index < -0.39 is 11.7 Å². The van der Waals surface area contributed by atoms with Gasteiger partial charge in [-0.15, -0.1) is 5.10 Å². The quantitative estimate of drug-likeness (QED) is 0.109. The van der Waals surface area contributed by atoms with Crippen LogP contribution in [0.15, 0.2) is 121 Å². The number of nitrogens with zero attached hydrogens (tertiary/aromatic N) is 3. The van der Waals surface area contributed by atoms with Crippen molar-refractivity contribution in [3.05, 3.63) is 129 Å². The predicted molar refractivity (Wildman–Crippen MR) is 171 cm³/mol. The molecule has 3 aromatic carbocycles. The lowest BCUT2D eigenvalue weighted by atomic mass is 10.2. The molecule has 1 saturated heterocycles. The maximum absolute atomic E-state index is 13.5. The second kappa shape index (κ2) is 14.4. The Hall–Kier alpha value is -4.74. The standard InChI is InChI=1S/C32H24BrFN4O4S/c33-24-10-15-28(42-21-30(39)36-26-13-11-25(34)12-14-26)23(18-24)19-29-31(40)38(20-27-9-5-17-41-27)32(43-29)37-35-16-4-8-22-6-2-1-3-7-22/h1-19H,20-21H2,(H,36,39)/b8-4+,29-19-,35-16-,37-32+. The molecule has 8 nitrogen and oxygen atoms in total. The second-order valence-corrected chi connectivity index (χ2v) is 10.9. The Morgan fingerprint density at radius 2 is 1.88 bits per heavy atom. The van der Waals surface area contributed by atoms with Crippen LogP contribution in [0, 0.1) is 5.82 Å². The molecule has 1 fully saturated rings. The molecule has 1 aliphatic rings. The van der Waals surface area contributed by atoms with E-state index in [0.717, 1.165) is 10.0 Å². The van der Waals surface area contributed by atoms with Crippen LogP contribution in [-0.4, -0.2) is 34.7 Å². The lowest BCUT2D eigenvalue weighted by Crippen LogP contribution is -2.28. The van der Waals surface area contributed by atoms with Crippen LogP contribution in [0.4, 0.5) is 10.1 Å². The number of carbonyl (C=O) groups excluding carboxylic acids is 2. The van der Waals surface area contributed by atoms with Crippen LogP contribution >= 0.6 is 27.7 Å². The number of benzene rings is 3. The number of allylic oxidation sites excluding steroid dienone is 1. The van der Waals surface area contributed by atoms with Gasteiger partial charge in [-0.1, -0.05) is 52.3 Å². The lowest BCUT2D eigenvalue weighted by Gasteiger charge is -2.12. The van der Waals surface area contributed by atoms with Crippen LogP contribution in [-0.2, 0) is 16.1 Å². The van der Waals surface area contributed by atoms with Crippen molar-refractivity contribution in [3.8, 4) is 5.75 Å². The molecule has 43 heavy (non-hydrogen) atoms. The molecule has 2 amide bonds. The van der Waals surface area contributed by atoms with Crippen molar-refractivity contribution in [2.75, 3.05) is 11.9 Å². The highest BCUT2D eigenvalue weighted by atomic mass is 79.9. The third kappa shape index (κ3) is 8.40. The second-order valence-electron chi connectivity index (χ2n) is 9.02. The number of halogens is 2. The Balaban J connectivity index is 1.33. The van der Waals surface area contributed by atoms with E-state index in [4.69, 9.17) is 9.15 Å². The number of furan rings is 1. The number of amides is 2. The molecule has 0 aliphatic carbocycles. The highest BCUT2D eigenvalue weighted by Crippen LogP contribution is 2.36. The molecule has 11 heteroatoms. The van der Waals surface area contributed by atoms with Gasteiger partial charge in [0.2, 0.25) is 0 Å². The maximum atomic E-state index is 13.5. The van der Waals surface area contributed by atoms with E-state index in [-0.39, 0.29) is 19.1 Å². The van der Waals surface area contributed by atoms with Crippen LogP contribution in [0.25, 0.3) is 12.2 Å². The van der Waals surface area contributed by atoms with Crippen molar-refractivity contribution in [2.24, 2.45) is 10.2 Å². The smallest absolute Gasteiger partial charge is 0.267 e. The fourth-order valence-electron chi connectivity index (χ4n) is 3.90. The van der Waals surface area contributed by atoms with Gasteiger partial charge in [0.05, 0.1) is 17.7 Å². The third-order valence-electron chi connectivity index (χ3n) is 5.91. The van der Waals surface area contributed by atoms with Gasteiger partial charge in [-0.2, -0.15) is 5.10 Å². The highest BCUT2D eigenvalue weighted by Gasteiger charge is 2.34. The molecular formula is C32H24BrFN4O4S. The average Bonchev–Trinajstić information content (AvgIpc) is 3.62. The Morgan fingerprint density at radius 3 is 2.65 bits per heavy atom. The first-order valence-corrected chi connectivity index (χ1v) is 14.6. The summed E-state index contributed by atoms with van der Waals surface area (Å²) < 4.78 is 25.2. The van der Waals surface area contributed by atoms with E-state index in [2.05, 4.69) is 31.4 Å². The minimum Gasteiger partial charge on any atom is -0.483 e. The van der Waals surface area contributed by atoms with Gasteiger partial charge >= 0.3 is 0 Å². The van der Waals surface area contributed by atoms with E-state index in [1.54, 1.807) is 55.0 Å². The van der Waals surface area contributed by atoms with Crippen LogP contribution in [0.1, 0.15) is 16.9 Å². The van der Waals surface area contributed by atoms with Crippen molar-refractivity contribution in [1.29, 1.82) is 0 Å². The predicted octanol–water partition coefficient (Wildman–Crippen LogP) is 7.37. The van der Waals surface area contributed by atoms with Gasteiger partial charge in [0.25, 0.3) is 11.8 Å². The number of hydrogen-bond acceptors (Lipinski definition) is 7. The van der Waals surface area contributed by atoms with Crippen LogP contribution in [0.3, 0.4) is 0 Å². The summed E-state index contributed by atoms with van der Waals surface area (Å²) in [6, 6.07) is 24.0. The number of rotatable bonds is 10. The summed E-state index contributed by atoms with van der Waals surface area (Å²) in [5.74, 6) is -0.114. The number of ether oxygens (including phenoxy) is 1. The molecule has 0 spiro atoms. The van der Waals surface area contributed by atoms with Gasteiger partial charge in [-0.3, -0.25) is 14.5 Å². The number of amidine groups is 1.